The number of aliphatic hydroxyl groups is 1. The lowest BCUT2D eigenvalue weighted by Gasteiger charge is -2.16. The minimum atomic E-state index is -0.797. The van der Waals surface area contributed by atoms with Crippen LogP contribution in [0, 0.1) is 5.92 Å². The van der Waals surface area contributed by atoms with Gasteiger partial charge in [-0.3, -0.25) is 4.99 Å². The van der Waals surface area contributed by atoms with Crippen LogP contribution in [0.1, 0.15) is 23.8 Å². The zero-order chi connectivity index (χ0) is 19.8. The van der Waals surface area contributed by atoms with Crippen LogP contribution in [0.5, 0.6) is 0 Å². The number of aliphatic imine (C=N–C) groups is 1. The molecule has 0 aliphatic carbocycles. The fourth-order valence-electron chi connectivity index (χ4n) is 2.97. The molecule has 2 heterocycles. The van der Waals surface area contributed by atoms with E-state index in [0.717, 1.165) is 38.4 Å². The van der Waals surface area contributed by atoms with Gasteiger partial charge in [-0.05, 0) is 42.3 Å². The molecule has 3 N–H and O–H groups in total. The van der Waals surface area contributed by atoms with Crippen molar-refractivity contribution in [2.24, 2.45) is 10.9 Å². The summed E-state index contributed by atoms with van der Waals surface area (Å²) >= 11 is 12.0. The highest BCUT2D eigenvalue weighted by Gasteiger charge is 2.16. The molecule has 1 aliphatic heterocycles. The molecule has 1 fully saturated rings. The maximum Gasteiger partial charge on any atom is 0.191 e. The average molecular weight is 426 g/mol. The number of nitrogens with zero attached hydrogens (tertiary/aromatic N) is 1. The smallest absolute Gasteiger partial charge is 0.191 e. The highest BCUT2D eigenvalue weighted by Crippen LogP contribution is 2.23. The molecule has 3 rings (SSSR count). The van der Waals surface area contributed by atoms with Gasteiger partial charge in [0.2, 0.25) is 0 Å². The Morgan fingerprint density at radius 1 is 1.25 bits per heavy atom. The van der Waals surface area contributed by atoms with Gasteiger partial charge in [-0.25, -0.2) is 0 Å². The van der Waals surface area contributed by atoms with Crippen LogP contribution < -0.4 is 10.6 Å². The molecule has 1 aliphatic rings. The molecule has 28 heavy (non-hydrogen) atoms. The maximum atomic E-state index is 10.5. The minimum absolute atomic E-state index is 0.188. The monoisotopic (exact) mass is 425 g/mol. The van der Waals surface area contributed by atoms with Crippen molar-refractivity contribution in [2.75, 3.05) is 32.8 Å². The lowest BCUT2D eigenvalue weighted by atomic mass is 10.1. The number of rotatable bonds is 8. The fraction of sp³-hybridized carbons (Fsp3) is 0.450. The zero-order valence-electron chi connectivity index (χ0n) is 15.5. The number of benzene rings is 1. The normalized spacial score (nSPS) is 18.2. The lowest BCUT2D eigenvalue weighted by Crippen LogP contribution is -2.41. The summed E-state index contributed by atoms with van der Waals surface area (Å²) in [6, 6.07) is 8.83. The first-order chi connectivity index (χ1) is 13.6. The Hall–Kier alpha value is -1.73. The predicted octanol–water partition coefficient (Wildman–Crippen LogP) is 3.43. The topological polar surface area (TPSA) is 79.0 Å². The van der Waals surface area contributed by atoms with Crippen LogP contribution in [-0.4, -0.2) is 43.9 Å². The molecule has 0 spiro atoms. The maximum absolute atomic E-state index is 10.5. The number of ether oxygens (including phenoxy) is 1. The number of guanidine groups is 1. The number of hydrogen-bond donors (Lipinski definition) is 3. The molecule has 0 amide bonds. The third-order valence-electron chi connectivity index (χ3n) is 4.52. The number of halogens is 2. The van der Waals surface area contributed by atoms with Crippen molar-refractivity contribution in [1.29, 1.82) is 0 Å². The molecule has 152 valence electrons. The van der Waals surface area contributed by atoms with Crippen molar-refractivity contribution in [2.45, 2.75) is 18.9 Å². The van der Waals surface area contributed by atoms with Crippen LogP contribution in [0.2, 0.25) is 10.0 Å². The SMILES string of the molecule is OC(CN=C(NCCc1ccco1)NCC1CCOC1)c1cc(Cl)cc(Cl)c1. The highest BCUT2D eigenvalue weighted by atomic mass is 35.5. The third-order valence-corrected chi connectivity index (χ3v) is 4.95. The number of aliphatic hydroxyl groups excluding tert-OH is 1. The van der Waals surface area contributed by atoms with Gasteiger partial charge in [-0.1, -0.05) is 23.2 Å². The van der Waals surface area contributed by atoms with Crippen LogP contribution in [0.4, 0.5) is 0 Å². The Morgan fingerprint density at radius 3 is 2.75 bits per heavy atom. The molecule has 2 atom stereocenters. The molecule has 0 bridgehead atoms. The summed E-state index contributed by atoms with van der Waals surface area (Å²) in [5.74, 6) is 2.02. The van der Waals surface area contributed by atoms with E-state index in [1.165, 1.54) is 0 Å². The molecule has 1 saturated heterocycles. The van der Waals surface area contributed by atoms with Crippen molar-refractivity contribution in [1.82, 2.24) is 10.6 Å². The molecular weight excluding hydrogens is 401 g/mol. The molecule has 2 unspecified atom stereocenters. The van der Waals surface area contributed by atoms with Gasteiger partial charge in [0.1, 0.15) is 5.76 Å². The van der Waals surface area contributed by atoms with Crippen molar-refractivity contribution in [3.05, 3.63) is 58.0 Å². The summed E-state index contributed by atoms with van der Waals surface area (Å²) in [5, 5.41) is 18.1. The Bertz CT molecular complexity index is 742. The molecule has 2 aromatic rings. The number of hydrogen-bond acceptors (Lipinski definition) is 4. The van der Waals surface area contributed by atoms with Crippen LogP contribution >= 0.6 is 23.2 Å². The van der Waals surface area contributed by atoms with Crippen molar-refractivity contribution >= 4 is 29.2 Å². The second-order valence-electron chi connectivity index (χ2n) is 6.77. The molecule has 6 nitrogen and oxygen atoms in total. The Kier molecular flexibility index (Phi) is 8.03. The molecule has 0 radical (unpaired) electrons. The third kappa shape index (κ3) is 6.71. The summed E-state index contributed by atoms with van der Waals surface area (Å²) in [6.07, 6.45) is 2.65. The zero-order valence-corrected chi connectivity index (χ0v) is 17.0. The summed E-state index contributed by atoms with van der Waals surface area (Å²) in [4.78, 5) is 4.53. The van der Waals surface area contributed by atoms with Gasteiger partial charge in [-0.15, -0.1) is 0 Å². The molecule has 1 aromatic heterocycles. The van der Waals surface area contributed by atoms with Crippen molar-refractivity contribution in [3.8, 4) is 0 Å². The average Bonchev–Trinajstić information content (AvgIpc) is 3.36. The van der Waals surface area contributed by atoms with E-state index in [4.69, 9.17) is 32.4 Å². The van der Waals surface area contributed by atoms with Gasteiger partial charge < -0.3 is 24.9 Å². The molecule has 0 saturated carbocycles. The summed E-state index contributed by atoms with van der Waals surface area (Å²) in [5.41, 5.74) is 0.639. The second-order valence-corrected chi connectivity index (χ2v) is 7.65. The van der Waals surface area contributed by atoms with Crippen molar-refractivity contribution < 1.29 is 14.3 Å². The van der Waals surface area contributed by atoms with E-state index in [9.17, 15) is 5.11 Å². The van der Waals surface area contributed by atoms with Crippen LogP contribution in [0.25, 0.3) is 0 Å². The van der Waals surface area contributed by atoms with Gasteiger partial charge >= 0.3 is 0 Å². The van der Waals surface area contributed by atoms with Gasteiger partial charge in [0.25, 0.3) is 0 Å². The van der Waals surface area contributed by atoms with E-state index in [0.29, 0.717) is 34.0 Å². The van der Waals surface area contributed by atoms with Crippen LogP contribution in [-0.2, 0) is 11.2 Å². The second kappa shape index (κ2) is 10.7. The Morgan fingerprint density at radius 2 is 2.07 bits per heavy atom. The molecular formula is C20H25Cl2N3O3. The van der Waals surface area contributed by atoms with E-state index < -0.39 is 6.10 Å². The predicted molar refractivity (Wildman–Crippen MR) is 111 cm³/mol. The van der Waals surface area contributed by atoms with E-state index >= 15 is 0 Å². The van der Waals surface area contributed by atoms with Gasteiger partial charge in [0.05, 0.1) is 25.5 Å². The Labute approximate surface area is 174 Å². The lowest BCUT2D eigenvalue weighted by molar-refractivity contribution is 0.185. The molecule has 1 aromatic carbocycles. The fourth-order valence-corrected chi connectivity index (χ4v) is 3.51. The van der Waals surface area contributed by atoms with Crippen LogP contribution in [0.15, 0.2) is 46.0 Å². The first-order valence-electron chi connectivity index (χ1n) is 9.36. The van der Waals surface area contributed by atoms with E-state index in [1.54, 1.807) is 24.5 Å². The van der Waals surface area contributed by atoms with E-state index in [1.807, 2.05) is 12.1 Å². The minimum Gasteiger partial charge on any atom is -0.469 e. The number of nitrogens with one attached hydrogen (secondary N) is 2. The quantitative estimate of drug-likeness (QED) is 0.445. The van der Waals surface area contributed by atoms with Crippen LogP contribution in [0.3, 0.4) is 0 Å². The summed E-state index contributed by atoms with van der Waals surface area (Å²) in [7, 11) is 0. The van der Waals surface area contributed by atoms with Crippen molar-refractivity contribution in [3.63, 3.8) is 0 Å². The first kappa shape index (κ1) is 21.0. The first-order valence-corrected chi connectivity index (χ1v) is 10.1. The summed E-state index contributed by atoms with van der Waals surface area (Å²) in [6.45, 7) is 3.19. The highest BCUT2D eigenvalue weighted by molar-refractivity contribution is 6.34. The van der Waals surface area contributed by atoms with Gasteiger partial charge in [-0.2, -0.15) is 0 Å². The molecule has 8 heteroatoms. The van der Waals surface area contributed by atoms with E-state index in [-0.39, 0.29) is 6.54 Å². The van der Waals surface area contributed by atoms with Gasteiger partial charge in [0.15, 0.2) is 5.96 Å². The summed E-state index contributed by atoms with van der Waals surface area (Å²) < 4.78 is 10.8. The largest absolute Gasteiger partial charge is 0.469 e. The standard InChI is InChI=1S/C20H25Cl2N3O3/c21-16-8-15(9-17(22)10-16)19(26)12-25-20(24-11-14-4-7-27-13-14)23-5-3-18-2-1-6-28-18/h1-2,6,8-10,14,19,26H,3-5,7,11-13H2,(H2,23,24,25). The van der Waals surface area contributed by atoms with E-state index in [2.05, 4.69) is 15.6 Å². The number of furan rings is 1. The van der Waals surface area contributed by atoms with Gasteiger partial charge in [0, 0.05) is 42.1 Å². The Balaban J connectivity index is 1.57.